The molecule has 90 valence electrons. The SMILES string of the molecule is CC(C)NC(=O)c1cn(C)c2ncc(Br)nc12. The van der Waals surface area contributed by atoms with Gasteiger partial charge in [0.2, 0.25) is 0 Å². The summed E-state index contributed by atoms with van der Waals surface area (Å²) in [6.07, 6.45) is 3.36. The number of hydrogen-bond donors (Lipinski definition) is 1. The summed E-state index contributed by atoms with van der Waals surface area (Å²) >= 11 is 3.26. The first-order chi connectivity index (χ1) is 7.99. The third-order valence-electron chi connectivity index (χ3n) is 2.30. The molecule has 0 radical (unpaired) electrons. The Hall–Kier alpha value is -1.43. The molecule has 2 rings (SSSR count). The van der Waals surface area contributed by atoms with Crippen LogP contribution in [0.1, 0.15) is 24.2 Å². The summed E-state index contributed by atoms with van der Waals surface area (Å²) in [7, 11) is 1.84. The third-order valence-corrected chi connectivity index (χ3v) is 2.68. The van der Waals surface area contributed by atoms with Crippen LogP contribution in [0.2, 0.25) is 0 Å². The predicted molar refractivity (Wildman–Crippen MR) is 68.8 cm³/mol. The molecule has 6 heteroatoms. The van der Waals surface area contributed by atoms with E-state index in [4.69, 9.17) is 0 Å². The average molecular weight is 297 g/mol. The molecule has 1 N–H and O–H groups in total. The van der Waals surface area contributed by atoms with Crippen molar-refractivity contribution in [2.75, 3.05) is 0 Å². The molecule has 2 heterocycles. The fraction of sp³-hybridized carbons (Fsp3) is 0.364. The number of nitrogens with one attached hydrogen (secondary N) is 1. The van der Waals surface area contributed by atoms with Gasteiger partial charge in [-0.15, -0.1) is 0 Å². The molecule has 17 heavy (non-hydrogen) atoms. The summed E-state index contributed by atoms with van der Waals surface area (Å²) in [5.41, 5.74) is 1.85. The van der Waals surface area contributed by atoms with E-state index in [1.54, 1.807) is 17.0 Å². The van der Waals surface area contributed by atoms with Gasteiger partial charge in [-0.05, 0) is 29.8 Å². The summed E-state index contributed by atoms with van der Waals surface area (Å²) < 4.78 is 2.42. The molecule has 0 spiro atoms. The Balaban J connectivity index is 2.54. The number of nitrogens with zero attached hydrogens (tertiary/aromatic N) is 3. The standard InChI is InChI=1S/C11H13BrN4O/c1-6(2)14-11(17)7-5-16(3)10-9(7)15-8(12)4-13-10/h4-6H,1-3H3,(H,14,17). The summed E-state index contributed by atoms with van der Waals surface area (Å²) in [5.74, 6) is -0.127. The highest BCUT2D eigenvalue weighted by Crippen LogP contribution is 2.18. The molecule has 0 aliphatic rings. The highest BCUT2D eigenvalue weighted by Gasteiger charge is 2.16. The van der Waals surface area contributed by atoms with E-state index < -0.39 is 0 Å². The Morgan fingerprint density at radius 3 is 2.88 bits per heavy atom. The van der Waals surface area contributed by atoms with Gasteiger partial charge < -0.3 is 9.88 Å². The lowest BCUT2D eigenvalue weighted by atomic mass is 10.2. The van der Waals surface area contributed by atoms with Gasteiger partial charge in [0.25, 0.3) is 5.91 Å². The third kappa shape index (κ3) is 2.31. The highest BCUT2D eigenvalue weighted by molar-refractivity contribution is 9.10. The average Bonchev–Trinajstić information content (AvgIpc) is 2.54. The fourth-order valence-electron chi connectivity index (χ4n) is 1.62. The number of carbonyl (C=O) groups excluding carboxylic acids is 1. The van der Waals surface area contributed by atoms with E-state index in [9.17, 15) is 4.79 Å². The molecule has 0 bridgehead atoms. The minimum atomic E-state index is -0.127. The normalized spacial score (nSPS) is 11.1. The zero-order chi connectivity index (χ0) is 12.6. The van der Waals surface area contributed by atoms with Crippen molar-refractivity contribution >= 4 is 33.0 Å². The van der Waals surface area contributed by atoms with Crippen molar-refractivity contribution in [3.8, 4) is 0 Å². The number of hydrogen-bond acceptors (Lipinski definition) is 3. The van der Waals surface area contributed by atoms with Crippen LogP contribution in [0.5, 0.6) is 0 Å². The summed E-state index contributed by atoms with van der Waals surface area (Å²) in [5, 5.41) is 2.85. The first-order valence-corrected chi connectivity index (χ1v) is 6.06. The Labute approximate surface area is 107 Å². The van der Waals surface area contributed by atoms with Crippen molar-refractivity contribution < 1.29 is 4.79 Å². The van der Waals surface area contributed by atoms with Crippen LogP contribution in [0, 0.1) is 0 Å². The van der Waals surface area contributed by atoms with Crippen molar-refractivity contribution in [3.05, 3.63) is 22.6 Å². The van der Waals surface area contributed by atoms with E-state index in [0.29, 0.717) is 21.3 Å². The molecule has 0 fully saturated rings. The van der Waals surface area contributed by atoms with Crippen LogP contribution in [0.3, 0.4) is 0 Å². The van der Waals surface area contributed by atoms with Gasteiger partial charge in [0.15, 0.2) is 5.65 Å². The van der Waals surface area contributed by atoms with E-state index in [0.717, 1.165) is 0 Å². The number of halogens is 1. The molecule has 0 aliphatic heterocycles. The Morgan fingerprint density at radius 2 is 2.24 bits per heavy atom. The van der Waals surface area contributed by atoms with Gasteiger partial charge in [-0.3, -0.25) is 4.79 Å². The summed E-state index contributed by atoms with van der Waals surface area (Å²) in [6.45, 7) is 3.84. The lowest BCUT2D eigenvalue weighted by Gasteiger charge is -2.06. The summed E-state index contributed by atoms with van der Waals surface area (Å²) in [6, 6.07) is 0.0952. The maximum atomic E-state index is 12.0. The van der Waals surface area contributed by atoms with Crippen molar-refractivity contribution in [1.82, 2.24) is 19.9 Å². The quantitative estimate of drug-likeness (QED) is 0.920. The minimum absolute atomic E-state index is 0.0952. The smallest absolute Gasteiger partial charge is 0.255 e. The first-order valence-electron chi connectivity index (χ1n) is 5.27. The van der Waals surface area contributed by atoms with Gasteiger partial charge in [0.1, 0.15) is 10.1 Å². The van der Waals surface area contributed by atoms with Crippen LogP contribution in [-0.2, 0) is 7.05 Å². The van der Waals surface area contributed by atoms with Gasteiger partial charge in [-0.25, -0.2) is 9.97 Å². The monoisotopic (exact) mass is 296 g/mol. The van der Waals surface area contributed by atoms with Crippen LogP contribution in [0.15, 0.2) is 17.0 Å². The number of amides is 1. The van der Waals surface area contributed by atoms with Crippen molar-refractivity contribution in [3.63, 3.8) is 0 Å². The van der Waals surface area contributed by atoms with Crippen LogP contribution in [0.4, 0.5) is 0 Å². The van der Waals surface area contributed by atoms with E-state index in [-0.39, 0.29) is 11.9 Å². The molecule has 2 aromatic heterocycles. The molecule has 2 aromatic rings. The molecule has 0 aliphatic carbocycles. The molecule has 5 nitrogen and oxygen atoms in total. The molecular weight excluding hydrogens is 284 g/mol. The molecule has 0 atom stereocenters. The van der Waals surface area contributed by atoms with Crippen molar-refractivity contribution in [2.24, 2.45) is 7.05 Å². The molecule has 0 unspecified atom stereocenters. The van der Waals surface area contributed by atoms with E-state index in [2.05, 4.69) is 31.2 Å². The zero-order valence-electron chi connectivity index (χ0n) is 9.86. The molecule has 0 saturated heterocycles. The van der Waals surface area contributed by atoms with Crippen LogP contribution in [0.25, 0.3) is 11.2 Å². The molecule has 1 amide bonds. The Bertz CT molecular complexity index is 576. The van der Waals surface area contributed by atoms with Gasteiger partial charge >= 0.3 is 0 Å². The van der Waals surface area contributed by atoms with E-state index >= 15 is 0 Å². The molecule has 0 saturated carbocycles. The molecule has 0 aromatic carbocycles. The van der Waals surface area contributed by atoms with Gasteiger partial charge in [0, 0.05) is 19.3 Å². The maximum Gasteiger partial charge on any atom is 0.255 e. The van der Waals surface area contributed by atoms with Gasteiger partial charge in [-0.2, -0.15) is 0 Å². The molecular formula is C11H13BrN4O. The van der Waals surface area contributed by atoms with Crippen molar-refractivity contribution in [1.29, 1.82) is 0 Å². The topological polar surface area (TPSA) is 59.8 Å². The summed E-state index contributed by atoms with van der Waals surface area (Å²) in [4.78, 5) is 20.5. The Morgan fingerprint density at radius 1 is 1.53 bits per heavy atom. The lowest BCUT2D eigenvalue weighted by molar-refractivity contribution is 0.0944. The number of aromatic nitrogens is 3. The number of aryl methyl sites for hydroxylation is 1. The van der Waals surface area contributed by atoms with E-state index in [1.165, 1.54) is 0 Å². The highest BCUT2D eigenvalue weighted by atomic mass is 79.9. The van der Waals surface area contributed by atoms with E-state index in [1.807, 2.05) is 20.9 Å². The second kappa shape index (κ2) is 4.44. The predicted octanol–water partition coefficient (Wildman–Crippen LogP) is 1.87. The second-order valence-electron chi connectivity index (χ2n) is 4.15. The number of rotatable bonds is 2. The lowest BCUT2D eigenvalue weighted by Crippen LogP contribution is -2.30. The van der Waals surface area contributed by atoms with Crippen LogP contribution < -0.4 is 5.32 Å². The first kappa shape index (κ1) is 12.0. The second-order valence-corrected chi connectivity index (χ2v) is 4.96. The maximum absolute atomic E-state index is 12.0. The van der Waals surface area contributed by atoms with Crippen LogP contribution >= 0.6 is 15.9 Å². The number of fused-ring (bicyclic) bond motifs is 1. The largest absolute Gasteiger partial charge is 0.350 e. The fourth-order valence-corrected chi connectivity index (χ4v) is 1.90. The number of carbonyl (C=O) groups is 1. The van der Waals surface area contributed by atoms with Gasteiger partial charge in [0.05, 0.1) is 11.8 Å². The van der Waals surface area contributed by atoms with Crippen molar-refractivity contribution in [2.45, 2.75) is 19.9 Å². The van der Waals surface area contributed by atoms with Gasteiger partial charge in [-0.1, -0.05) is 0 Å². The zero-order valence-corrected chi connectivity index (χ0v) is 11.4. The Kier molecular flexibility index (Phi) is 3.15. The van der Waals surface area contributed by atoms with Crippen LogP contribution in [-0.4, -0.2) is 26.5 Å². The minimum Gasteiger partial charge on any atom is -0.350 e.